The van der Waals surface area contributed by atoms with E-state index >= 15 is 0 Å². The largest absolute Gasteiger partial charge is 0.497 e. The van der Waals surface area contributed by atoms with Gasteiger partial charge in [-0.25, -0.2) is 0 Å². The van der Waals surface area contributed by atoms with E-state index in [1.54, 1.807) is 7.11 Å². The van der Waals surface area contributed by atoms with E-state index in [0.29, 0.717) is 0 Å². The lowest BCUT2D eigenvalue weighted by molar-refractivity contribution is -0.124. The number of nitrogens with one attached hydrogen (secondary N) is 1. The molecule has 5 heteroatoms. The third-order valence-electron chi connectivity index (χ3n) is 3.74. The molecule has 0 saturated carbocycles. The first-order valence-corrected chi connectivity index (χ1v) is 7.87. The number of amides is 1. The van der Waals surface area contributed by atoms with Crippen molar-refractivity contribution in [3.8, 4) is 5.75 Å². The second-order valence-electron chi connectivity index (χ2n) is 5.19. The van der Waals surface area contributed by atoms with Crippen LogP contribution in [0.1, 0.15) is 16.4 Å². The molecule has 2 N–H and O–H groups in total. The van der Waals surface area contributed by atoms with Crippen LogP contribution >= 0.6 is 11.8 Å². The maximum Gasteiger partial charge on any atom is 0.254 e. The maximum atomic E-state index is 12.2. The summed E-state index contributed by atoms with van der Waals surface area (Å²) in [7, 11) is 1.61. The molecule has 0 saturated heterocycles. The molecular formula is C17H17NO3S. The number of methoxy groups -OCH3 is 1. The Bertz CT molecular complexity index is 700. The molecule has 1 aliphatic rings. The number of anilines is 1. The van der Waals surface area contributed by atoms with Crippen LogP contribution in [-0.4, -0.2) is 24.2 Å². The molecule has 2 aromatic rings. The van der Waals surface area contributed by atoms with Crippen molar-refractivity contribution in [2.45, 2.75) is 23.2 Å². The normalized spacial score (nSPS) is 20.8. The van der Waals surface area contributed by atoms with Gasteiger partial charge in [0.25, 0.3) is 5.91 Å². The van der Waals surface area contributed by atoms with Gasteiger partial charge in [-0.15, -0.1) is 11.8 Å². The van der Waals surface area contributed by atoms with E-state index in [4.69, 9.17) is 4.74 Å². The Hall–Kier alpha value is -1.98. The Morgan fingerprint density at radius 1 is 1.18 bits per heavy atom. The van der Waals surface area contributed by atoms with Crippen LogP contribution in [0.5, 0.6) is 5.75 Å². The summed E-state index contributed by atoms with van der Waals surface area (Å²) >= 11 is 1.50. The van der Waals surface area contributed by atoms with E-state index < -0.39 is 6.10 Å². The Morgan fingerprint density at radius 2 is 1.91 bits per heavy atom. The van der Waals surface area contributed by atoms with E-state index in [1.165, 1.54) is 11.8 Å². The number of hydrogen-bond donors (Lipinski definition) is 2. The Balaban J connectivity index is 2.01. The molecule has 2 atom stereocenters. The smallest absolute Gasteiger partial charge is 0.254 e. The zero-order chi connectivity index (χ0) is 15.7. The summed E-state index contributed by atoms with van der Waals surface area (Å²) in [5.74, 6) is 0.374. The molecule has 1 heterocycles. The van der Waals surface area contributed by atoms with E-state index in [1.807, 2.05) is 49.4 Å². The van der Waals surface area contributed by atoms with Crippen molar-refractivity contribution in [2.24, 2.45) is 0 Å². The van der Waals surface area contributed by atoms with Crippen LogP contribution in [0.25, 0.3) is 0 Å². The van der Waals surface area contributed by atoms with Crippen LogP contribution < -0.4 is 10.1 Å². The quantitative estimate of drug-likeness (QED) is 0.894. The molecule has 1 amide bonds. The SMILES string of the molecule is COc1ccc([C@@H]2Sc3cccc(C)c3NC(=O)[C@@H]2O)cc1. The molecule has 4 nitrogen and oxygen atoms in total. The number of aliphatic hydroxyl groups is 1. The highest BCUT2D eigenvalue weighted by Gasteiger charge is 2.33. The second kappa shape index (κ2) is 6.02. The van der Waals surface area contributed by atoms with Gasteiger partial charge in [-0.05, 0) is 36.2 Å². The number of thioether (sulfide) groups is 1. The molecule has 0 unspecified atom stereocenters. The number of aliphatic hydroxyl groups excluding tert-OH is 1. The van der Waals surface area contributed by atoms with Gasteiger partial charge < -0.3 is 15.2 Å². The molecule has 114 valence electrons. The van der Waals surface area contributed by atoms with Crippen LogP contribution in [-0.2, 0) is 4.79 Å². The molecule has 22 heavy (non-hydrogen) atoms. The maximum absolute atomic E-state index is 12.2. The van der Waals surface area contributed by atoms with Gasteiger partial charge in [0, 0.05) is 4.90 Å². The fourth-order valence-electron chi connectivity index (χ4n) is 2.48. The average molecular weight is 315 g/mol. The van der Waals surface area contributed by atoms with Crippen molar-refractivity contribution in [1.29, 1.82) is 0 Å². The third kappa shape index (κ3) is 2.69. The lowest BCUT2D eigenvalue weighted by atomic mass is 10.1. The summed E-state index contributed by atoms with van der Waals surface area (Å²) in [5.41, 5.74) is 2.66. The highest BCUT2D eigenvalue weighted by Crippen LogP contribution is 2.44. The minimum atomic E-state index is -1.11. The predicted molar refractivity (Wildman–Crippen MR) is 87.4 cm³/mol. The number of hydrogen-bond acceptors (Lipinski definition) is 4. The summed E-state index contributed by atoms with van der Waals surface area (Å²) < 4.78 is 5.15. The molecule has 0 aliphatic carbocycles. The summed E-state index contributed by atoms with van der Waals surface area (Å²) in [6.45, 7) is 1.94. The first kappa shape index (κ1) is 14.9. The number of aryl methyl sites for hydroxylation is 1. The van der Waals surface area contributed by atoms with Gasteiger partial charge in [-0.3, -0.25) is 4.79 Å². The van der Waals surface area contributed by atoms with Gasteiger partial charge >= 0.3 is 0 Å². The van der Waals surface area contributed by atoms with E-state index in [2.05, 4.69) is 5.32 Å². The van der Waals surface area contributed by atoms with E-state index in [0.717, 1.165) is 27.5 Å². The van der Waals surface area contributed by atoms with Crippen LogP contribution in [0.2, 0.25) is 0 Å². The Kier molecular flexibility index (Phi) is 4.09. The van der Waals surface area contributed by atoms with Gasteiger partial charge in [-0.1, -0.05) is 24.3 Å². The minimum absolute atomic E-state index is 0.353. The zero-order valence-corrected chi connectivity index (χ0v) is 13.2. The molecule has 0 fully saturated rings. The molecule has 1 aliphatic heterocycles. The lowest BCUT2D eigenvalue weighted by Crippen LogP contribution is -2.30. The van der Waals surface area contributed by atoms with Crippen molar-refractivity contribution in [2.75, 3.05) is 12.4 Å². The second-order valence-corrected chi connectivity index (χ2v) is 6.38. The van der Waals surface area contributed by atoms with Crippen molar-refractivity contribution in [3.05, 3.63) is 53.6 Å². The predicted octanol–water partition coefficient (Wildman–Crippen LogP) is 3.15. The first-order valence-electron chi connectivity index (χ1n) is 6.99. The Labute approximate surface area is 133 Å². The lowest BCUT2D eigenvalue weighted by Gasteiger charge is -2.19. The molecule has 0 spiro atoms. The summed E-state index contributed by atoms with van der Waals surface area (Å²) in [6.07, 6.45) is -1.11. The van der Waals surface area contributed by atoms with Crippen LogP contribution in [0.15, 0.2) is 47.4 Å². The monoisotopic (exact) mass is 315 g/mol. The highest BCUT2D eigenvalue weighted by atomic mass is 32.2. The van der Waals surface area contributed by atoms with Crippen LogP contribution in [0.3, 0.4) is 0 Å². The number of carbonyl (C=O) groups excluding carboxylic acids is 1. The minimum Gasteiger partial charge on any atom is -0.497 e. The highest BCUT2D eigenvalue weighted by molar-refractivity contribution is 7.99. The van der Waals surface area contributed by atoms with Crippen molar-refractivity contribution >= 4 is 23.4 Å². The van der Waals surface area contributed by atoms with Gasteiger partial charge in [-0.2, -0.15) is 0 Å². The van der Waals surface area contributed by atoms with Crippen molar-refractivity contribution in [3.63, 3.8) is 0 Å². The first-order chi connectivity index (χ1) is 10.6. The number of para-hydroxylation sites is 1. The molecule has 3 rings (SSSR count). The van der Waals surface area contributed by atoms with E-state index in [9.17, 15) is 9.90 Å². The zero-order valence-electron chi connectivity index (χ0n) is 12.4. The number of ether oxygens (including phenoxy) is 1. The standard InChI is InChI=1S/C17H17NO3S/c1-10-4-3-5-13-14(10)18-17(20)15(19)16(22-13)11-6-8-12(21-2)9-7-11/h3-9,15-16,19H,1-2H3,(H,18,20)/t15-,16+/m1/s1. The fraction of sp³-hybridized carbons (Fsp3) is 0.235. The number of benzene rings is 2. The van der Waals surface area contributed by atoms with Crippen molar-refractivity contribution < 1.29 is 14.6 Å². The van der Waals surface area contributed by atoms with Gasteiger partial charge in [0.15, 0.2) is 0 Å². The van der Waals surface area contributed by atoms with E-state index in [-0.39, 0.29) is 11.2 Å². The van der Waals surface area contributed by atoms with Gasteiger partial charge in [0.2, 0.25) is 0 Å². The molecule has 2 aromatic carbocycles. The molecule has 0 bridgehead atoms. The third-order valence-corrected chi connectivity index (χ3v) is 5.11. The number of fused-ring (bicyclic) bond motifs is 1. The van der Waals surface area contributed by atoms with Crippen molar-refractivity contribution in [1.82, 2.24) is 0 Å². The fourth-order valence-corrected chi connectivity index (χ4v) is 3.79. The molecule has 0 aromatic heterocycles. The summed E-state index contributed by atoms with van der Waals surface area (Å²) in [6, 6.07) is 13.3. The van der Waals surface area contributed by atoms with Gasteiger partial charge in [0.1, 0.15) is 11.9 Å². The topological polar surface area (TPSA) is 58.6 Å². The van der Waals surface area contributed by atoms with Crippen LogP contribution in [0, 0.1) is 6.92 Å². The summed E-state index contributed by atoms with van der Waals surface area (Å²) in [5, 5.41) is 12.9. The number of rotatable bonds is 2. The molecule has 0 radical (unpaired) electrons. The average Bonchev–Trinajstić information content (AvgIpc) is 2.66. The Morgan fingerprint density at radius 3 is 2.59 bits per heavy atom. The number of carbonyl (C=O) groups is 1. The van der Waals surface area contributed by atoms with Crippen LogP contribution in [0.4, 0.5) is 5.69 Å². The summed E-state index contributed by atoms with van der Waals surface area (Å²) in [4.78, 5) is 13.2. The molecular weight excluding hydrogens is 298 g/mol. The van der Waals surface area contributed by atoms with Gasteiger partial charge in [0.05, 0.1) is 18.0 Å².